The lowest BCUT2D eigenvalue weighted by Gasteiger charge is -2.42. The lowest BCUT2D eigenvalue weighted by Crippen LogP contribution is -2.60. The molecule has 1 saturated heterocycles. The summed E-state index contributed by atoms with van der Waals surface area (Å²) in [4.78, 5) is 62.2. The molecule has 7 rings (SSSR count). The summed E-state index contributed by atoms with van der Waals surface area (Å²) in [6.45, 7) is 9.61. The number of nitrogens with zero attached hydrogens (tertiary/aromatic N) is 3. The summed E-state index contributed by atoms with van der Waals surface area (Å²) in [6, 6.07) is 4.68. The number of carbonyl (C=O) groups is 4. The molecule has 5 atom stereocenters. The van der Waals surface area contributed by atoms with Crippen LogP contribution in [0.5, 0.6) is 0 Å². The molecule has 3 aliphatic heterocycles. The van der Waals surface area contributed by atoms with Gasteiger partial charge in [-0.05, 0) is 87.9 Å². The predicted molar refractivity (Wildman–Crippen MR) is 196 cm³/mol. The van der Waals surface area contributed by atoms with Crippen LogP contribution < -0.4 is 10.0 Å². The van der Waals surface area contributed by atoms with Crippen molar-refractivity contribution >= 4 is 39.9 Å². The van der Waals surface area contributed by atoms with Gasteiger partial charge in [0.2, 0.25) is 21.8 Å². The third-order valence-corrected chi connectivity index (χ3v) is 13.9. The van der Waals surface area contributed by atoms with Crippen molar-refractivity contribution in [1.82, 2.24) is 24.7 Å². The lowest BCUT2D eigenvalue weighted by atomic mass is 9.82. The van der Waals surface area contributed by atoms with Gasteiger partial charge in [-0.2, -0.15) is 0 Å². The molecule has 3 heterocycles. The van der Waals surface area contributed by atoms with Gasteiger partial charge in [0, 0.05) is 24.9 Å². The van der Waals surface area contributed by atoms with Crippen molar-refractivity contribution in [3.05, 3.63) is 53.6 Å². The van der Waals surface area contributed by atoms with Crippen molar-refractivity contribution in [2.45, 2.75) is 133 Å². The Balaban J connectivity index is 1.20. The van der Waals surface area contributed by atoms with E-state index < -0.39 is 62.8 Å². The molecule has 3 aliphatic carbocycles. The molecule has 13 heteroatoms. The first-order chi connectivity index (χ1) is 24.9. The highest BCUT2D eigenvalue weighted by Crippen LogP contribution is 2.46. The number of nitrogens with one attached hydrogen (secondary N) is 2. The number of fused-ring (bicyclic) bond motifs is 3. The summed E-state index contributed by atoms with van der Waals surface area (Å²) in [6.07, 6.45) is 12.6. The van der Waals surface area contributed by atoms with E-state index >= 15 is 4.79 Å². The fraction of sp³-hybridized carbons (Fsp3) is 0.641. The number of allylic oxidation sites excluding steroid dienone is 1. The lowest BCUT2D eigenvalue weighted by molar-refractivity contribution is -0.146. The second kappa shape index (κ2) is 14.6. The number of ether oxygens (including phenoxy) is 1. The average molecular weight is 736 g/mol. The highest BCUT2D eigenvalue weighted by Gasteiger charge is 2.62. The monoisotopic (exact) mass is 735 g/mol. The largest absolute Gasteiger partial charge is 0.444 e. The van der Waals surface area contributed by atoms with Crippen LogP contribution in [0.2, 0.25) is 0 Å². The quantitative estimate of drug-likeness (QED) is 0.378. The molecule has 0 unspecified atom stereocenters. The van der Waals surface area contributed by atoms with Crippen molar-refractivity contribution in [3.8, 4) is 0 Å². The van der Waals surface area contributed by atoms with Crippen LogP contribution in [0, 0.1) is 11.8 Å². The van der Waals surface area contributed by atoms with E-state index in [-0.39, 0.29) is 37.3 Å². The van der Waals surface area contributed by atoms with Gasteiger partial charge in [0.1, 0.15) is 17.7 Å². The van der Waals surface area contributed by atoms with E-state index in [0.717, 1.165) is 61.6 Å². The molecule has 282 valence electrons. The zero-order valence-electron chi connectivity index (χ0n) is 30.4. The van der Waals surface area contributed by atoms with E-state index in [2.05, 4.69) is 53.6 Å². The molecule has 4 amide bonds. The Morgan fingerprint density at radius 3 is 2.52 bits per heavy atom. The van der Waals surface area contributed by atoms with E-state index in [1.54, 1.807) is 15.9 Å². The third-order valence-electron chi connectivity index (χ3n) is 12.1. The summed E-state index contributed by atoms with van der Waals surface area (Å²) in [5.41, 5.74) is 1.75. The van der Waals surface area contributed by atoms with E-state index in [4.69, 9.17) is 4.74 Å². The average Bonchev–Trinajstić information content (AvgIpc) is 4.01. The summed E-state index contributed by atoms with van der Waals surface area (Å²) in [5, 5.41) is 2.28. The van der Waals surface area contributed by atoms with Crippen LogP contribution in [0.4, 0.5) is 4.79 Å². The summed E-state index contributed by atoms with van der Waals surface area (Å²) >= 11 is 0. The Morgan fingerprint density at radius 1 is 1.06 bits per heavy atom. The number of carbonyl (C=O) groups excluding carboxylic acids is 4. The Kier molecular flexibility index (Phi) is 10.3. The maximum absolute atomic E-state index is 15.1. The molecule has 0 spiro atoms. The van der Waals surface area contributed by atoms with E-state index in [0.29, 0.717) is 32.5 Å². The second-order valence-electron chi connectivity index (χ2n) is 16.0. The molecular weight excluding hydrogens is 683 g/mol. The second-order valence-corrected chi connectivity index (χ2v) is 18.0. The first-order valence-electron chi connectivity index (χ1n) is 19.2. The molecule has 4 bridgehead atoms. The van der Waals surface area contributed by atoms with Crippen LogP contribution in [-0.2, 0) is 42.2 Å². The molecule has 12 nitrogen and oxygen atoms in total. The maximum Gasteiger partial charge on any atom is 0.410 e. The zero-order valence-corrected chi connectivity index (χ0v) is 31.2. The first-order valence-corrected chi connectivity index (χ1v) is 20.8. The number of sulfonamides is 1. The van der Waals surface area contributed by atoms with Crippen LogP contribution >= 0.6 is 0 Å². The molecule has 3 saturated carbocycles. The minimum absolute atomic E-state index is 0.0472. The number of hydrogen-bond acceptors (Lipinski definition) is 8. The van der Waals surface area contributed by atoms with Crippen molar-refractivity contribution < 1.29 is 32.3 Å². The Labute approximate surface area is 307 Å². The maximum atomic E-state index is 15.1. The van der Waals surface area contributed by atoms with Gasteiger partial charge in [0.15, 0.2) is 0 Å². The van der Waals surface area contributed by atoms with Gasteiger partial charge in [0.05, 0.1) is 24.4 Å². The molecule has 1 aromatic rings. The zero-order chi connectivity index (χ0) is 36.8. The van der Waals surface area contributed by atoms with Crippen LogP contribution in [0.15, 0.2) is 36.9 Å². The summed E-state index contributed by atoms with van der Waals surface area (Å²) in [7, 11) is -3.86. The SMILES string of the molecule is C=C[C@@H]1C[C@]1(NC(=O)[C@@H]1C[C@@H]2CN1C(=O)[C@H](C1CCCCC1)N(C(C)C)CCC/C=C/c1cccc3c1CN(C3)C(=O)O2)C(=O)NS(=O)(=O)C1CC1. The standard InChI is InChI=1S/C39H53N5O7S/c1-4-29-21-39(29,37(47)41-52(49,50)31-17-18-31)40-35(45)33-20-30-23-44(33)36(46)34(27-13-7-5-8-14-27)43(25(2)3)19-10-6-9-12-26-15-11-16-28-22-42(24-32(26)28)38(48)51-30/h4,9,11-12,15-16,25,27,29-31,33-34H,1,5-8,10,13-14,17-24H2,2-3H3,(H,40,45)(H,41,47)/b12-9+/t29-,30-,33+,34+,39-/m1/s1. The minimum Gasteiger partial charge on any atom is -0.444 e. The highest BCUT2D eigenvalue weighted by atomic mass is 32.2. The van der Waals surface area contributed by atoms with Gasteiger partial charge in [-0.3, -0.25) is 28.9 Å². The minimum atomic E-state index is -3.86. The van der Waals surface area contributed by atoms with Gasteiger partial charge < -0.3 is 15.0 Å². The number of rotatable bonds is 8. The Morgan fingerprint density at radius 2 is 1.83 bits per heavy atom. The van der Waals surface area contributed by atoms with Crippen LogP contribution in [0.3, 0.4) is 0 Å². The number of amides is 4. The van der Waals surface area contributed by atoms with Crippen LogP contribution in [-0.4, -0.2) is 95.0 Å². The van der Waals surface area contributed by atoms with Gasteiger partial charge in [0.25, 0.3) is 5.91 Å². The fourth-order valence-corrected chi connectivity index (χ4v) is 10.3. The van der Waals surface area contributed by atoms with Crippen LogP contribution in [0.25, 0.3) is 6.08 Å². The molecule has 0 radical (unpaired) electrons. The normalized spacial score (nSPS) is 30.8. The van der Waals surface area contributed by atoms with E-state index in [9.17, 15) is 22.8 Å². The van der Waals surface area contributed by atoms with Crippen molar-refractivity contribution in [2.24, 2.45) is 11.8 Å². The molecule has 6 aliphatic rings. The van der Waals surface area contributed by atoms with Gasteiger partial charge in [-0.25, -0.2) is 13.2 Å². The summed E-state index contributed by atoms with van der Waals surface area (Å²) < 4.78 is 33.8. The fourth-order valence-electron chi connectivity index (χ4n) is 8.90. The highest BCUT2D eigenvalue weighted by molar-refractivity contribution is 7.91. The smallest absolute Gasteiger partial charge is 0.410 e. The van der Waals surface area contributed by atoms with Crippen molar-refractivity contribution in [2.75, 3.05) is 13.1 Å². The third kappa shape index (κ3) is 7.27. The van der Waals surface area contributed by atoms with Gasteiger partial charge >= 0.3 is 6.09 Å². The number of hydrogen-bond donors (Lipinski definition) is 2. The molecule has 0 aromatic heterocycles. The number of benzene rings is 1. The first kappa shape index (κ1) is 36.6. The van der Waals surface area contributed by atoms with Crippen molar-refractivity contribution in [1.29, 1.82) is 0 Å². The molecule has 1 aromatic carbocycles. The summed E-state index contributed by atoms with van der Waals surface area (Å²) in [5.74, 6) is -1.87. The predicted octanol–water partition coefficient (Wildman–Crippen LogP) is 4.24. The van der Waals surface area contributed by atoms with Crippen LogP contribution in [0.1, 0.15) is 101 Å². The Hall–Kier alpha value is -3.71. The molecule has 4 fully saturated rings. The topological polar surface area (TPSA) is 145 Å². The van der Waals surface area contributed by atoms with E-state index in [1.165, 1.54) is 0 Å². The molecular formula is C39H53N5O7S. The van der Waals surface area contributed by atoms with Gasteiger partial charge in [-0.1, -0.05) is 55.7 Å². The molecule has 52 heavy (non-hydrogen) atoms. The Bertz CT molecular complexity index is 1740. The van der Waals surface area contributed by atoms with E-state index in [1.807, 2.05) is 12.1 Å². The van der Waals surface area contributed by atoms with Crippen molar-refractivity contribution in [3.63, 3.8) is 0 Å². The molecule has 2 N–H and O–H groups in total. The van der Waals surface area contributed by atoms with Gasteiger partial charge in [-0.15, -0.1) is 6.58 Å².